The molecule has 0 aliphatic heterocycles. The first-order valence-electron chi connectivity index (χ1n) is 1.66. The van der Waals surface area contributed by atoms with Crippen LogP contribution in [0.1, 0.15) is 0 Å². The van der Waals surface area contributed by atoms with Crippen LogP contribution in [-0.2, 0) is 38.9 Å². The predicted molar refractivity (Wildman–Crippen MR) is 20.3 cm³/mol. The molecule has 0 aliphatic rings. The van der Waals surface area contributed by atoms with E-state index in [1.807, 2.05) is 0 Å². The van der Waals surface area contributed by atoms with Gasteiger partial charge in [0.15, 0.2) is 0 Å². The Morgan fingerprint density at radius 2 is 1.20 bits per heavy atom. The van der Waals surface area contributed by atoms with Crippen molar-refractivity contribution in [2.24, 2.45) is 0 Å². The Morgan fingerprint density at radius 1 is 1.00 bits per heavy atom. The Kier molecular flexibility index (Phi) is 2.72. The summed E-state index contributed by atoms with van der Waals surface area (Å²) in [4.78, 5) is 0. The van der Waals surface area contributed by atoms with Crippen LogP contribution in [0.25, 0.3) is 0 Å². The van der Waals surface area contributed by atoms with Crippen molar-refractivity contribution in [3.8, 4) is 0 Å². The van der Waals surface area contributed by atoms with Crippen LogP contribution in [0, 0.1) is 0 Å². The molecule has 0 aliphatic carbocycles. The Balaban J connectivity index is 5.16. The molecule has 0 saturated heterocycles. The summed E-state index contributed by atoms with van der Waals surface area (Å²) in [6.07, 6.45) is 0. The van der Waals surface area contributed by atoms with Gasteiger partial charge in [-0.15, -0.1) is 0 Å². The second-order valence-corrected chi connectivity index (χ2v) is 7.17. The molecule has 0 fully saturated rings. The van der Waals surface area contributed by atoms with Crippen molar-refractivity contribution in [1.82, 2.24) is 0 Å². The van der Waals surface area contributed by atoms with Gasteiger partial charge in [-0.25, -0.2) is 0 Å². The Bertz CT molecular complexity index is 303. The van der Waals surface area contributed by atoms with Crippen molar-refractivity contribution in [3.63, 3.8) is 0 Å². The molecule has 10 heavy (non-hydrogen) atoms. The molecule has 5 nitrogen and oxygen atoms in total. The molecule has 0 bridgehead atoms. The molecule has 0 amide bonds. The van der Waals surface area contributed by atoms with Gasteiger partial charge in [0.2, 0.25) is 0 Å². The monoisotopic (exact) mass is 244 g/mol. The van der Waals surface area contributed by atoms with E-state index >= 15 is 0 Å². The normalized spacial score (nSPS) is 13.2. The van der Waals surface area contributed by atoms with Crippen molar-refractivity contribution in [2.75, 3.05) is 0 Å². The van der Waals surface area contributed by atoms with Crippen LogP contribution in [0.3, 0.4) is 0 Å². The van der Waals surface area contributed by atoms with Crippen molar-refractivity contribution < 1.29 is 44.8 Å². The molecule has 0 aromatic heterocycles. The van der Waals surface area contributed by atoms with E-state index in [9.17, 15) is 24.6 Å². The van der Waals surface area contributed by atoms with Gasteiger partial charge >= 0.3 is 65.6 Å². The van der Waals surface area contributed by atoms with E-state index in [1.165, 1.54) is 0 Å². The zero-order valence-corrected chi connectivity index (χ0v) is 8.96. The molecular formula is F2NO4S2Zn+. The van der Waals surface area contributed by atoms with Crippen LogP contribution < -0.4 is 0 Å². The molecule has 56 valence electrons. The molecule has 10 heteroatoms. The topological polar surface area (TPSA) is 71.3 Å². The summed E-state index contributed by atoms with van der Waals surface area (Å²) in [6, 6.07) is 0. The molecule has 0 unspecified atom stereocenters. The third kappa shape index (κ3) is 2.84. The fourth-order valence-corrected chi connectivity index (χ4v) is 0.957. The first kappa shape index (κ1) is 10.2. The average molecular weight is 246 g/mol. The zero-order chi connectivity index (χ0) is 8.58. The van der Waals surface area contributed by atoms with E-state index in [4.69, 9.17) is 0 Å². The summed E-state index contributed by atoms with van der Waals surface area (Å²) in [7, 11) is -10.9. The van der Waals surface area contributed by atoms with Crippen molar-refractivity contribution in [1.29, 1.82) is 0 Å². The van der Waals surface area contributed by atoms with Gasteiger partial charge in [-0.1, -0.05) is 0 Å². The molecule has 0 aromatic carbocycles. The van der Waals surface area contributed by atoms with Gasteiger partial charge in [0, 0.05) is 0 Å². The molecule has 0 saturated carbocycles. The van der Waals surface area contributed by atoms with E-state index in [0.717, 1.165) is 0 Å². The average Bonchev–Trinajstić information content (AvgIpc) is 1.59. The maximum absolute atomic E-state index is 11.6. The van der Waals surface area contributed by atoms with E-state index in [0.29, 0.717) is 0 Å². The minimum atomic E-state index is -5.43. The second-order valence-electron chi connectivity index (χ2n) is 1.16. The Hall–Kier alpha value is 0.183. The summed E-state index contributed by atoms with van der Waals surface area (Å²) in [6.45, 7) is 0. The standard InChI is InChI=1S/F2NO4S2.Zn/c1-8(4,5)3-9(2,6)7;/q-1;+2. The summed E-state index contributed by atoms with van der Waals surface area (Å²) in [5.74, 6) is 0. The van der Waals surface area contributed by atoms with Gasteiger partial charge < -0.3 is 0 Å². The third-order valence-electron chi connectivity index (χ3n) is 0.486. The van der Waals surface area contributed by atoms with E-state index in [-0.39, 0.29) is 0 Å². The zero-order valence-electron chi connectivity index (χ0n) is 4.36. The number of nitrogens with zero attached hydrogens (tertiary/aromatic N) is 1. The van der Waals surface area contributed by atoms with Gasteiger partial charge in [0.05, 0.1) is 0 Å². The van der Waals surface area contributed by atoms with Crippen LogP contribution in [0.4, 0.5) is 7.77 Å². The number of halogens is 2. The van der Waals surface area contributed by atoms with E-state index in [2.05, 4.69) is 0 Å². The van der Waals surface area contributed by atoms with Crippen LogP contribution in [0.2, 0.25) is 0 Å². The van der Waals surface area contributed by atoms with E-state index < -0.39 is 41.0 Å². The van der Waals surface area contributed by atoms with Gasteiger partial charge in [-0.05, 0) is 0 Å². The van der Waals surface area contributed by atoms with Gasteiger partial charge in [-0.2, -0.15) is 0 Å². The van der Waals surface area contributed by atoms with Crippen LogP contribution in [0.15, 0.2) is 0 Å². The van der Waals surface area contributed by atoms with Gasteiger partial charge in [-0.3, -0.25) is 0 Å². The van der Waals surface area contributed by atoms with Crippen molar-refractivity contribution in [2.45, 2.75) is 0 Å². The van der Waals surface area contributed by atoms with E-state index in [1.54, 1.807) is 0 Å². The van der Waals surface area contributed by atoms with Crippen molar-refractivity contribution >= 4 is 20.8 Å². The number of rotatable bonds is 2. The molecule has 0 heterocycles. The summed E-state index contributed by atoms with van der Waals surface area (Å²) in [5, 5.41) is 0. The first-order valence-corrected chi connectivity index (χ1v) is 5.66. The molecule has 0 rings (SSSR count). The second kappa shape index (κ2) is 2.67. The third-order valence-corrected chi connectivity index (χ3v) is 6.41. The molecule has 0 atom stereocenters. The van der Waals surface area contributed by atoms with Gasteiger partial charge in [0.1, 0.15) is 0 Å². The molecule has 0 spiro atoms. The Morgan fingerprint density at radius 3 is 1.20 bits per heavy atom. The first-order chi connectivity index (χ1) is 4.15. The quantitative estimate of drug-likeness (QED) is 0.470. The van der Waals surface area contributed by atoms with Crippen LogP contribution in [0.5, 0.6) is 0 Å². The van der Waals surface area contributed by atoms with Crippen LogP contribution in [-0.4, -0.2) is 18.9 Å². The number of hydrogen-bond acceptors (Lipinski definition) is 4. The summed E-state index contributed by atoms with van der Waals surface area (Å²) >= 11 is -0.683. The molecule has 0 aromatic rings. The maximum atomic E-state index is 11.6. The van der Waals surface area contributed by atoms with Crippen molar-refractivity contribution in [3.05, 3.63) is 0 Å². The minimum absolute atomic E-state index is 0.683. The fraction of sp³-hybridized carbons (Fsp3) is 0. The SMILES string of the molecule is O=S(=O)(F)[N+](=[Zn])S(=O)(=O)F. The molecule has 0 radical (unpaired) electrons. The predicted octanol–water partition coefficient (Wildman–Crippen LogP) is -0.842. The Labute approximate surface area is 65.8 Å². The molecule has 0 N–H and O–H groups in total. The van der Waals surface area contributed by atoms with Crippen LogP contribution >= 0.6 is 0 Å². The summed E-state index contributed by atoms with van der Waals surface area (Å²) in [5.41, 5.74) is 0. The fourth-order valence-electron chi connectivity index (χ4n) is 0.106. The molecular weight excluding hydrogens is 246 g/mol. The van der Waals surface area contributed by atoms with Gasteiger partial charge in [0.25, 0.3) is 0 Å². The number of hydrogen-bond donors (Lipinski definition) is 0. The summed E-state index contributed by atoms with van der Waals surface area (Å²) < 4.78 is 60.9.